The smallest absolute Gasteiger partial charge is 0.126 e. The van der Waals surface area contributed by atoms with Gasteiger partial charge < -0.3 is 10.5 Å². The molecule has 1 aromatic carbocycles. The van der Waals surface area contributed by atoms with Crippen molar-refractivity contribution < 1.29 is 13.5 Å². The van der Waals surface area contributed by atoms with Crippen LogP contribution in [-0.2, 0) is 11.3 Å². The average molecular weight is 255 g/mol. The third-order valence-corrected chi connectivity index (χ3v) is 3.60. The first-order valence-corrected chi connectivity index (χ1v) is 6.43. The number of rotatable bonds is 4. The van der Waals surface area contributed by atoms with E-state index in [4.69, 9.17) is 10.5 Å². The normalized spacial score (nSPS) is 18.8. The lowest BCUT2D eigenvalue weighted by atomic mass is 9.84. The predicted octanol–water partition coefficient (Wildman–Crippen LogP) is 3.14. The van der Waals surface area contributed by atoms with Gasteiger partial charge in [0.2, 0.25) is 0 Å². The predicted molar refractivity (Wildman–Crippen MR) is 66.0 cm³/mol. The van der Waals surface area contributed by atoms with Crippen LogP contribution < -0.4 is 5.73 Å². The Balaban J connectivity index is 2.00. The summed E-state index contributed by atoms with van der Waals surface area (Å²) >= 11 is 0. The summed E-state index contributed by atoms with van der Waals surface area (Å²) in [5.41, 5.74) is 6.00. The van der Waals surface area contributed by atoms with Crippen molar-refractivity contribution in [3.05, 3.63) is 35.4 Å². The highest BCUT2D eigenvalue weighted by Gasteiger charge is 2.31. The molecule has 0 aliphatic heterocycles. The van der Waals surface area contributed by atoms with E-state index < -0.39 is 11.6 Å². The van der Waals surface area contributed by atoms with Gasteiger partial charge in [-0.25, -0.2) is 8.78 Å². The van der Waals surface area contributed by atoms with E-state index in [1.165, 1.54) is 18.6 Å². The average Bonchev–Trinajstić information content (AvgIpc) is 2.36. The van der Waals surface area contributed by atoms with Gasteiger partial charge in [0.1, 0.15) is 11.6 Å². The van der Waals surface area contributed by atoms with Crippen LogP contribution in [-0.4, -0.2) is 12.1 Å². The van der Waals surface area contributed by atoms with Gasteiger partial charge in [-0.3, -0.25) is 0 Å². The second-order valence-electron chi connectivity index (χ2n) is 5.01. The molecule has 100 valence electrons. The lowest BCUT2D eigenvalue weighted by molar-refractivity contribution is -0.0735. The molecule has 2 N–H and O–H groups in total. The minimum atomic E-state index is -0.570. The first kappa shape index (κ1) is 13.4. The largest absolute Gasteiger partial charge is 0.369 e. The summed E-state index contributed by atoms with van der Waals surface area (Å²) in [5, 5.41) is 0. The maximum atomic E-state index is 13.1. The molecule has 0 radical (unpaired) electrons. The molecule has 0 saturated heterocycles. The lowest BCUT2D eigenvalue weighted by Crippen LogP contribution is -2.42. The Labute approximate surface area is 106 Å². The number of ether oxygens (including phenoxy) is 1. The number of hydrogen-bond acceptors (Lipinski definition) is 2. The fraction of sp³-hybridized carbons (Fsp3) is 0.571. The van der Waals surface area contributed by atoms with Crippen LogP contribution in [0.15, 0.2) is 18.2 Å². The Morgan fingerprint density at radius 1 is 1.06 bits per heavy atom. The first-order chi connectivity index (χ1) is 8.63. The van der Waals surface area contributed by atoms with Crippen molar-refractivity contribution in [2.75, 3.05) is 6.54 Å². The zero-order valence-electron chi connectivity index (χ0n) is 10.4. The zero-order chi connectivity index (χ0) is 13.0. The van der Waals surface area contributed by atoms with Crippen LogP contribution in [0.25, 0.3) is 0 Å². The Morgan fingerprint density at radius 3 is 2.22 bits per heavy atom. The molecule has 0 heterocycles. The van der Waals surface area contributed by atoms with Gasteiger partial charge in [0, 0.05) is 12.6 Å². The number of halogens is 2. The van der Waals surface area contributed by atoms with Crippen molar-refractivity contribution >= 4 is 0 Å². The molecule has 1 fully saturated rings. The number of hydrogen-bond donors (Lipinski definition) is 1. The third kappa shape index (κ3) is 3.27. The van der Waals surface area contributed by atoms with Crippen LogP contribution in [0.5, 0.6) is 0 Å². The van der Waals surface area contributed by atoms with E-state index in [1.54, 1.807) is 0 Å². The summed E-state index contributed by atoms with van der Waals surface area (Å²) in [5.74, 6) is -1.14. The molecule has 0 spiro atoms. The van der Waals surface area contributed by atoms with E-state index in [1.807, 2.05) is 0 Å². The molecule has 0 aromatic heterocycles. The Hall–Kier alpha value is -1.00. The Bertz CT molecular complexity index is 383. The summed E-state index contributed by atoms with van der Waals surface area (Å²) < 4.78 is 32.0. The number of benzene rings is 1. The Morgan fingerprint density at radius 2 is 1.67 bits per heavy atom. The SMILES string of the molecule is NCC1(OCc2cc(F)cc(F)c2)CCCCC1. The lowest BCUT2D eigenvalue weighted by Gasteiger charge is -2.36. The highest BCUT2D eigenvalue weighted by atomic mass is 19.1. The van der Waals surface area contributed by atoms with E-state index in [-0.39, 0.29) is 12.2 Å². The molecule has 1 aliphatic carbocycles. The van der Waals surface area contributed by atoms with Crippen LogP contribution in [0.2, 0.25) is 0 Å². The third-order valence-electron chi connectivity index (χ3n) is 3.60. The molecular weight excluding hydrogens is 236 g/mol. The second-order valence-corrected chi connectivity index (χ2v) is 5.01. The molecular formula is C14H19F2NO. The molecule has 2 nitrogen and oxygen atoms in total. The van der Waals surface area contributed by atoms with Gasteiger partial charge in [0.25, 0.3) is 0 Å². The highest BCUT2D eigenvalue weighted by molar-refractivity contribution is 5.17. The van der Waals surface area contributed by atoms with Crippen molar-refractivity contribution in [3.8, 4) is 0 Å². The van der Waals surface area contributed by atoms with Crippen molar-refractivity contribution in [2.45, 2.75) is 44.3 Å². The van der Waals surface area contributed by atoms with E-state index in [2.05, 4.69) is 0 Å². The fourth-order valence-electron chi connectivity index (χ4n) is 2.53. The van der Waals surface area contributed by atoms with Gasteiger partial charge in [-0.1, -0.05) is 19.3 Å². The molecule has 0 unspecified atom stereocenters. The van der Waals surface area contributed by atoms with Gasteiger partial charge in [0.15, 0.2) is 0 Å². The highest BCUT2D eigenvalue weighted by Crippen LogP contribution is 2.31. The maximum absolute atomic E-state index is 13.1. The molecule has 18 heavy (non-hydrogen) atoms. The van der Waals surface area contributed by atoms with Gasteiger partial charge in [-0.15, -0.1) is 0 Å². The molecule has 1 aromatic rings. The molecule has 1 aliphatic rings. The van der Waals surface area contributed by atoms with E-state index in [0.717, 1.165) is 31.7 Å². The molecule has 4 heteroatoms. The fourth-order valence-corrected chi connectivity index (χ4v) is 2.53. The zero-order valence-corrected chi connectivity index (χ0v) is 10.4. The minimum absolute atomic E-state index is 0.214. The van der Waals surface area contributed by atoms with Gasteiger partial charge >= 0.3 is 0 Å². The monoisotopic (exact) mass is 255 g/mol. The number of nitrogens with two attached hydrogens (primary N) is 1. The molecule has 1 saturated carbocycles. The minimum Gasteiger partial charge on any atom is -0.369 e. The van der Waals surface area contributed by atoms with Crippen molar-refractivity contribution in [2.24, 2.45) is 5.73 Å². The van der Waals surface area contributed by atoms with Crippen LogP contribution in [0.3, 0.4) is 0 Å². The summed E-state index contributed by atoms with van der Waals surface area (Å²) in [6, 6.07) is 3.47. The second kappa shape index (κ2) is 5.76. The summed E-state index contributed by atoms with van der Waals surface area (Å²) in [7, 11) is 0. The Kier molecular flexibility index (Phi) is 4.30. The van der Waals surface area contributed by atoms with Crippen LogP contribution in [0.4, 0.5) is 8.78 Å². The molecule has 0 atom stereocenters. The van der Waals surface area contributed by atoms with Crippen LogP contribution >= 0.6 is 0 Å². The maximum Gasteiger partial charge on any atom is 0.126 e. The molecule has 2 rings (SSSR count). The van der Waals surface area contributed by atoms with Gasteiger partial charge in [0.05, 0.1) is 12.2 Å². The molecule has 0 bridgehead atoms. The van der Waals surface area contributed by atoms with Gasteiger partial charge in [-0.2, -0.15) is 0 Å². The van der Waals surface area contributed by atoms with Crippen molar-refractivity contribution in [3.63, 3.8) is 0 Å². The van der Waals surface area contributed by atoms with Gasteiger partial charge in [-0.05, 0) is 30.5 Å². The quantitative estimate of drug-likeness (QED) is 0.897. The van der Waals surface area contributed by atoms with Crippen LogP contribution in [0.1, 0.15) is 37.7 Å². The standard InChI is InChI=1S/C14H19F2NO/c15-12-6-11(7-13(16)8-12)9-18-14(10-17)4-2-1-3-5-14/h6-8H,1-5,9-10,17H2. The van der Waals surface area contributed by atoms with E-state index >= 15 is 0 Å². The van der Waals surface area contributed by atoms with Crippen molar-refractivity contribution in [1.29, 1.82) is 0 Å². The first-order valence-electron chi connectivity index (χ1n) is 6.43. The van der Waals surface area contributed by atoms with Crippen molar-refractivity contribution in [1.82, 2.24) is 0 Å². The topological polar surface area (TPSA) is 35.2 Å². The van der Waals surface area contributed by atoms with Crippen LogP contribution in [0, 0.1) is 11.6 Å². The van der Waals surface area contributed by atoms with E-state index in [0.29, 0.717) is 12.1 Å². The summed E-state index contributed by atoms with van der Waals surface area (Å²) in [6.45, 7) is 0.677. The summed E-state index contributed by atoms with van der Waals surface area (Å²) in [6.07, 6.45) is 5.28. The molecule has 0 amide bonds. The van der Waals surface area contributed by atoms with E-state index in [9.17, 15) is 8.78 Å². The summed E-state index contributed by atoms with van der Waals surface area (Å²) in [4.78, 5) is 0.